The molecule has 0 spiro atoms. The highest BCUT2D eigenvalue weighted by Crippen LogP contribution is 2.29. The fraction of sp³-hybridized carbons (Fsp3) is 0.467. The lowest BCUT2D eigenvalue weighted by molar-refractivity contribution is 0.254. The summed E-state index contributed by atoms with van der Waals surface area (Å²) in [6, 6.07) is 6.45. The minimum atomic E-state index is -0.0291. The van der Waals surface area contributed by atoms with Crippen LogP contribution >= 0.6 is 0 Å². The second kappa shape index (κ2) is 7.07. The van der Waals surface area contributed by atoms with Gasteiger partial charge in [-0.15, -0.1) is 0 Å². The standard InChI is InChI=1S/C15H23NO2/c1-6-12(4)18-14-8-7-13(9-15(14)17-5)10-16-11(2)3/h6-9,11-12,16H,1,10H2,2-5H3. The number of rotatable bonds is 7. The van der Waals surface area contributed by atoms with Gasteiger partial charge in [0.05, 0.1) is 7.11 Å². The average molecular weight is 249 g/mol. The molecule has 1 aromatic carbocycles. The molecule has 1 atom stereocenters. The molecule has 1 aromatic rings. The third-order valence-corrected chi connectivity index (χ3v) is 2.59. The van der Waals surface area contributed by atoms with E-state index in [-0.39, 0.29) is 6.10 Å². The molecule has 1 N–H and O–H groups in total. The van der Waals surface area contributed by atoms with Crippen molar-refractivity contribution in [3.63, 3.8) is 0 Å². The number of hydrogen-bond donors (Lipinski definition) is 1. The summed E-state index contributed by atoms with van der Waals surface area (Å²) in [5, 5.41) is 3.37. The Morgan fingerprint density at radius 2 is 2.00 bits per heavy atom. The number of nitrogens with one attached hydrogen (secondary N) is 1. The molecule has 0 fully saturated rings. The Hall–Kier alpha value is -1.48. The van der Waals surface area contributed by atoms with Crippen LogP contribution in [0.1, 0.15) is 26.3 Å². The van der Waals surface area contributed by atoms with Crippen LogP contribution in [0.4, 0.5) is 0 Å². The number of benzene rings is 1. The second-order valence-electron chi connectivity index (χ2n) is 4.58. The van der Waals surface area contributed by atoms with Crippen molar-refractivity contribution in [1.82, 2.24) is 5.32 Å². The Labute approximate surface area is 110 Å². The molecular weight excluding hydrogens is 226 g/mol. The first-order valence-corrected chi connectivity index (χ1v) is 6.26. The van der Waals surface area contributed by atoms with Gasteiger partial charge in [-0.25, -0.2) is 0 Å². The first kappa shape index (κ1) is 14.6. The van der Waals surface area contributed by atoms with Crippen LogP contribution in [0.5, 0.6) is 11.5 Å². The van der Waals surface area contributed by atoms with Crippen molar-refractivity contribution in [3.8, 4) is 11.5 Å². The van der Waals surface area contributed by atoms with Crippen molar-refractivity contribution in [2.45, 2.75) is 39.5 Å². The van der Waals surface area contributed by atoms with Gasteiger partial charge in [-0.3, -0.25) is 0 Å². The Kier molecular flexibility index (Phi) is 5.72. The van der Waals surface area contributed by atoms with Crippen LogP contribution in [0, 0.1) is 0 Å². The van der Waals surface area contributed by atoms with Crippen LogP contribution < -0.4 is 14.8 Å². The summed E-state index contributed by atoms with van der Waals surface area (Å²) >= 11 is 0. The second-order valence-corrected chi connectivity index (χ2v) is 4.58. The van der Waals surface area contributed by atoms with Gasteiger partial charge >= 0.3 is 0 Å². The summed E-state index contributed by atoms with van der Waals surface area (Å²) in [5.41, 5.74) is 1.18. The monoisotopic (exact) mass is 249 g/mol. The molecule has 1 unspecified atom stereocenters. The Morgan fingerprint density at radius 1 is 1.28 bits per heavy atom. The van der Waals surface area contributed by atoms with Crippen molar-refractivity contribution >= 4 is 0 Å². The van der Waals surface area contributed by atoms with Gasteiger partial charge in [0.2, 0.25) is 0 Å². The lowest BCUT2D eigenvalue weighted by atomic mass is 10.2. The molecule has 0 aliphatic rings. The zero-order valence-corrected chi connectivity index (χ0v) is 11.7. The molecule has 0 amide bonds. The number of ether oxygens (including phenoxy) is 2. The van der Waals surface area contributed by atoms with Crippen molar-refractivity contribution in [2.75, 3.05) is 7.11 Å². The maximum Gasteiger partial charge on any atom is 0.162 e. The van der Waals surface area contributed by atoms with E-state index in [0.29, 0.717) is 6.04 Å². The van der Waals surface area contributed by atoms with Gasteiger partial charge in [0.25, 0.3) is 0 Å². The molecule has 0 aliphatic carbocycles. The average Bonchev–Trinajstić information content (AvgIpc) is 2.37. The molecule has 0 aliphatic heterocycles. The number of methoxy groups -OCH3 is 1. The van der Waals surface area contributed by atoms with Crippen molar-refractivity contribution in [3.05, 3.63) is 36.4 Å². The molecule has 18 heavy (non-hydrogen) atoms. The maximum atomic E-state index is 5.70. The SMILES string of the molecule is C=CC(C)Oc1ccc(CNC(C)C)cc1OC. The summed E-state index contributed by atoms with van der Waals surface area (Å²) in [5.74, 6) is 1.50. The maximum absolute atomic E-state index is 5.70. The highest BCUT2D eigenvalue weighted by molar-refractivity contribution is 5.43. The molecule has 100 valence electrons. The minimum absolute atomic E-state index is 0.0291. The Balaban J connectivity index is 2.79. The van der Waals surface area contributed by atoms with Gasteiger partial charge in [-0.05, 0) is 24.6 Å². The van der Waals surface area contributed by atoms with E-state index < -0.39 is 0 Å². The fourth-order valence-electron chi connectivity index (χ4n) is 1.49. The van der Waals surface area contributed by atoms with Crippen LogP contribution in [-0.2, 0) is 6.54 Å². The summed E-state index contributed by atoms with van der Waals surface area (Å²) in [6.07, 6.45) is 1.73. The Morgan fingerprint density at radius 3 is 2.56 bits per heavy atom. The summed E-state index contributed by atoms with van der Waals surface area (Å²) < 4.78 is 11.1. The highest BCUT2D eigenvalue weighted by Gasteiger charge is 2.08. The van der Waals surface area contributed by atoms with Crippen LogP contribution in [-0.4, -0.2) is 19.3 Å². The lowest BCUT2D eigenvalue weighted by Crippen LogP contribution is -2.21. The molecule has 1 rings (SSSR count). The van der Waals surface area contributed by atoms with Gasteiger partial charge < -0.3 is 14.8 Å². The van der Waals surface area contributed by atoms with Gasteiger partial charge in [0, 0.05) is 12.6 Å². The predicted octanol–water partition coefficient (Wildman–Crippen LogP) is 3.15. The third-order valence-electron chi connectivity index (χ3n) is 2.59. The van der Waals surface area contributed by atoms with Crippen molar-refractivity contribution < 1.29 is 9.47 Å². The van der Waals surface area contributed by atoms with Gasteiger partial charge in [0.15, 0.2) is 11.5 Å². The van der Waals surface area contributed by atoms with E-state index in [0.717, 1.165) is 18.0 Å². The zero-order chi connectivity index (χ0) is 13.5. The molecule has 0 saturated carbocycles. The molecule has 0 radical (unpaired) electrons. The highest BCUT2D eigenvalue weighted by atomic mass is 16.5. The van der Waals surface area contributed by atoms with E-state index in [1.165, 1.54) is 5.56 Å². The van der Waals surface area contributed by atoms with E-state index in [1.807, 2.05) is 25.1 Å². The molecule has 0 bridgehead atoms. The van der Waals surface area contributed by atoms with E-state index in [1.54, 1.807) is 13.2 Å². The van der Waals surface area contributed by atoms with Crippen molar-refractivity contribution in [2.24, 2.45) is 0 Å². The van der Waals surface area contributed by atoms with Gasteiger partial charge in [-0.1, -0.05) is 32.6 Å². The topological polar surface area (TPSA) is 30.5 Å². The number of hydrogen-bond acceptors (Lipinski definition) is 3. The molecular formula is C15H23NO2. The van der Waals surface area contributed by atoms with E-state index in [9.17, 15) is 0 Å². The summed E-state index contributed by atoms with van der Waals surface area (Å²) in [4.78, 5) is 0. The first-order valence-electron chi connectivity index (χ1n) is 6.26. The predicted molar refractivity (Wildman–Crippen MR) is 75.3 cm³/mol. The zero-order valence-electron chi connectivity index (χ0n) is 11.7. The summed E-state index contributed by atoms with van der Waals surface area (Å²) in [6.45, 7) is 10.7. The minimum Gasteiger partial charge on any atom is -0.493 e. The van der Waals surface area contributed by atoms with E-state index in [4.69, 9.17) is 9.47 Å². The van der Waals surface area contributed by atoms with Crippen molar-refractivity contribution in [1.29, 1.82) is 0 Å². The van der Waals surface area contributed by atoms with Crippen LogP contribution in [0.25, 0.3) is 0 Å². The largest absolute Gasteiger partial charge is 0.493 e. The quantitative estimate of drug-likeness (QED) is 0.753. The normalized spacial score (nSPS) is 12.3. The molecule has 0 aromatic heterocycles. The third kappa shape index (κ3) is 4.41. The Bertz CT molecular complexity index is 388. The summed E-state index contributed by atoms with van der Waals surface area (Å²) in [7, 11) is 1.65. The van der Waals surface area contributed by atoms with Gasteiger partial charge in [-0.2, -0.15) is 0 Å². The van der Waals surface area contributed by atoms with E-state index in [2.05, 4.69) is 25.7 Å². The smallest absolute Gasteiger partial charge is 0.162 e. The van der Waals surface area contributed by atoms with Crippen LogP contribution in [0.2, 0.25) is 0 Å². The van der Waals surface area contributed by atoms with Crippen LogP contribution in [0.15, 0.2) is 30.9 Å². The molecule has 3 heteroatoms. The molecule has 3 nitrogen and oxygen atoms in total. The first-order chi connectivity index (χ1) is 8.56. The van der Waals surface area contributed by atoms with Gasteiger partial charge in [0.1, 0.15) is 6.10 Å². The lowest BCUT2D eigenvalue weighted by Gasteiger charge is -2.15. The fourth-order valence-corrected chi connectivity index (χ4v) is 1.49. The van der Waals surface area contributed by atoms with Crippen LogP contribution in [0.3, 0.4) is 0 Å². The molecule has 0 heterocycles. The van der Waals surface area contributed by atoms with E-state index >= 15 is 0 Å². The molecule has 0 saturated heterocycles.